The number of nitrogens with one attached hydrogen (secondary N) is 3. The van der Waals surface area contributed by atoms with Crippen LogP contribution in [0.15, 0.2) is 30.6 Å². The van der Waals surface area contributed by atoms with Crippen molar-refractivity contribution in [1.82, 2.24) is 25.0 Å². The fourth-order valence-corrected chi connectivity index (χ4v) is 5.68. The first-order valence-corrected chi connectivity index (χ1v) is 13.0. The van der Waals surface area contributed by atoms with E-state index in [0.29, 0.717) is 32.5 Å². The van der Waals surface area contributed by atoms with Crippen LogP contribution >= 0.6 is 11.3 Å². The predicted molar refractivity (Wildman–Crippen MR) is 139 cm³/mol. The molecule has 36 heavy (non-hydrogen) atoms. The van der Waals surface area contributed by atoms with E-state index >= 15 is 0 Å². The average molecular weight is 510 g/mol. The Labute approximate surface area is 213 Å². The van der Waals surface area contributed by atoms with Crippen molar-refractivity contribution >= 4 is 39.8 Å². The number of hydrogen-bond acceptors (Lipinski definition) is 8. The Bertz CT molecular complexity index is 1270. The number of hydrogen-bond donors (Lipinski definition) is 4. The van der Waals surface area contributed by atoms with Crippen LogP contribution in [0.1, 0.15) is 40.1 Å². The van der Waals surface area contributed by atoms with E-state index in [1.54, 1.807) is 36.0 Å². The van der Waals surface area contributed by atoms with E-state index in [1.807, 2.05) is 11.8 Å². The number of thiazole rings is 1. The molecule has 0 bridgehead atoms. The summed E-state index contributed by atoms with van der Waals surface area (Å²) in [5.41, 5.74) is 2.45. The van der Waals surface area contributed by atoms with Crippen LogP contribution in [-0.2, 0) is 11.3 Å². The first kappa shape index (κ1) is 24.3. The normalized spacial score (nSPS) is 16.9. The van der Waals surface area contributed by atoms with Crippen LogP contribution in [0.2, 0.25) is 0 Å². The third kappa shape index (κ3) is 5.07. The molecule has 3 aromatic rings. The van der Waals surface area contributed by atoms with Gasteiger partial charge in [0.05, 0.1) is 11.9 Å². The van der Waals surface area contributed by atoms with Crippen LogP contribution in [0, 0.1) is 19.3 Å². The minimum Gasteiger partial charge on any atom is -0.508 e. The topological polar surface area (TPSA) is 124 Å². The van der Waals surface area contributed by atoms with E-state index < -0.39 is 0 Å². The Morgan fingerprint density at radius 2 is 2.00 bits per heavy atom. The summed E-state index contributed by atoms with van der Waals surface area (Å²) in [6.45, 7) is 7.58. The molecule has 0 aliphatic carbocycles. The van der Waals surface area contributed by atoms with Crippen molar-refractivity contribution in [2.75, 3.05) is 36.8 Å². The van der Waals surface area contributed by atoms with Crippen molar-refractivity contribution < 1.29 is 14.7 Å². The summed E-state index contributed by atoms with van der Waals surface area (Å²) in [4.78, 5) is 32.2. The number of nitrogens with zero attached hydrogens (tertiary/aromatic N) is 4. The second-order valence-corrected chi connectivity index (χ2v) is 10.7. The SMILES string of the molecule is Cc1ccc(O)c(C)c1NC(=O)c1cnc(Nc2ccn(CC(=O)N3CCC4(CCNC4)CC3)n2)s1. The summed E-state index contributed by atoms with van der Waals surface area (Å²) < 4.78 is 1.63. The van der Waals surface area contributed by atoms with Crippen molar-refractivity contribution in [3.63, 3.8) is 0 Å². The van der Waals surface area contributed by atoms with Crippen molar-refractivity contribution in [2.45, 2.75) is 39.7 Å². The highest BCUT2D eigenvalue weighted by Crippen LogP contribution is 2.37. The van der Waals surface area contributed by atoms with Crippen molar-refractivity contribution in [3.8, 4) is 5.75 Å². The van der Waals surface area contributed by atoms with Gasteiger partial charge < -0.3 is 26.0 Å². The molecule has 5 rings (SSSR count). The standard InChI is InChI=1S/C25H31N7O3S/c1-16-3-4-18(33)17(2)22(16)29-23(35)19-13-27-24(36-19)28-20-5-10-32(30-20)14-21(34)31-11-7-25(8-12-31)6-9-26-15-25/h3-5,10,13,26,33H,6-9,11-12,14-15H2,1-2H3,(H,29,35)(H,27,28,30). The number of piperidine rings is 1. The van der Waals surface area contributed by atoms with Gasteiger partial charge in [0.2, 0.25) is 5.91 Å². The summed E-state index contributed by atoms with van der Waals surface area (Å²) >= 11 is 1.20. The molecule has 4 N–H and O–H groups in total. The lowest BCUT2D eigenvalue weighted by molar-refractivity contribution is -0.134. The van der Waals surface area contributed by atoms with E-state index in [4.69, 9.17) is 0 Å². The van der Waals surface area contributed by atoms with Gasteiger partial charge in [-0.1, -0.05) is 17.4 Å². The molecule has 2 saturated heterocycles. The minimum absolute atomic E-state index is 0.0798. The predicted octanol–water partition coefficient (Wildman–Crippen LogP) is 3.26. The first-order valence-electron chi connectivity index (χ1n) is 12.2. The van der Waals surface area contributed by atoms with E-state index in [9.17, 15) is 14.7 Å². The van der Waals surface area contributed by atoms with Gasteiger partial charge in [0.1, 0.15) is 17.2 Å². The summed E-state index contributed by atoms with van der Waals surface area (Å²) in [6.07, 6.45) is 6.59. The number of phenols is 1. The van der Waals surface area contributed by atoms with Gasteiger partial charge in [-0.05, 0) is 56.7 Å². The summed E-state index contributed by atoms with van der Waals surface area (Å²) in [5.74, 6) is 0.465. The number of amides is 2. The second-order valence-electron chi connectivity index (χ2n) is 9.72. The van der Waals surface area contributed by atoms with Crippen molar-refractivity contribution in [3.05, 3.63) is 46.6 Å². The highest BCUT2D eigenvalue weighted by molar-refractivity contribution is 7.17. The van der Waals surface area contributed by atoms with Crippen molar-refractivity contribution in [1.29, 1.82) is 0 Å². The zero-order valence-corrected chi connectivity index (χ0v) is 21.3. The highest BCUT2D eigenvalue weighted by Gasteiger charge is 2.38. The van der Waals surface area contributed by atoms with Gasteiger partial charge in [-0.2, -0.15) is 5.10 Å². The maximum absolute atomic E-state index is 12.8. The van der Waals surface area contributed by atoms with Crippen LogP contribution < -0.4 is 16.0 Å². The molecule has 0 saturated carbocycles. The van der Waals surface area contributed by atoms with E-state index in [1.165, 1.54) is 24.0 Å². The van der Waals surface area contributed by atoms with Gasteiger partial charge in [-0.15, -0.1) is 0 Å². The van der Waals surface area contributed by atoms with Gasteiger partial charge in [0.15, 0.2) is 10.9 Å². The number of aryl methyl sites for hydroxylation is 1. The third-order valence-corrected chi connectivity index (χ3v) is 8.21. The molecule has 2 aliphatic rings. The van der Waals surface area contributed by atoms with Crippen LogP contribution in [0.5, 0.6) is 5.75 Å². The third-order valence-electron chi connectivity index (χ3n) is 7.29. The molecule has 11 heteroatoms. The molecule has 4 heterocycles. The molecule has 1 spiro atoms. The fraction of sp³-hybridized carbons (Fsp3) is 0.440. The number of likely N-dealkylation sites (tertiary alicyclic amines) is 1. The van der Waals surface area contributed by atoms with Crippen LogP contribution in [-0.4, -0.2) is 62.8 Å². The fourth-order valence-electron chi connectivity index (χ4n) is 4.96. The molecule has 0 atom stereocenters. The number of rotatable bonds is 6. The summed E-state index contributed by atoms with van der Waals surface area (Å²) in [6, 6.07) is 5.15. The van der Waals surface area contributed by atoms with Crippen molar-refractivity contribution in [2.24, 2.45) is 5.41 Å². The Morgan fingerprint density at radius 3 is 2.75 bits per heavy atom. The number of aromatic hydroxyl groups is 1. The van der Waals surface area contributed by atoms with Gasteiger partial charge in [-0.25, -0.2) is 4.98 Å². The molecule has 2 aliphatic heterocycles. The van der Waals surface area contributed by atoms with Gasteiger partial charge in [0.25, 0.3) is 5.91 Å². The van der Waals surface area contributed by atoms with Crippen LogP contribution in [0.4, 0.5) is 16.6 Å². The number of aromatic nitrogens is 3. The molecule has 10 nitrogen and oxygen atoms in total. The zero-order chi connectivity index (χ0) is 25.3. The molecular formula is C25H31N7O3S. The van der Waals surface area contributed by atoms with Gasteiger partial charge >= 0.3 is 0 Å². The lowest BCUT2D eigenvalue weighted by Crippen LogP contribution is -2.45. The second kappa shape index (κ2) is 9.90. The summed E-state index contributed by atoms with van der Waals surface area (Å²) in [5, 5.41) is 24.3. The Kier molecular flexibility index (Phi) is 6.67. The molecule has 0 unspecified atom stereocenters. The maximum atomic E-state index is 12.8. The molecule has 2 aromatic heterocycles. The maximum Gasteiger partial charge on any atom is 0.267 e. The number of carbonyl (C=O) groups is 2. The first-order chi connectivity index (χ1) is 17.3. The van der Waals surface area contributed by atoms with E-state index in [0.717, 1.165) is 44.6 Å². The largest absolute Gasteiger partial charge is 0.508 e. The molecule has 0 radical (unpaired) electrons. The molecule has 1 aromatic carbocycles. The molecular weight excluding hydrogens is 478 g/mol. The number of anilines is 3. The van der Waals surface area contributed by atoms with Crippen LogP contribution in [0.25, 0.3) is 0 Å². The lowest BCUT2D eigenvalue weighted by atomic mass is 9.78. The van der Waals surface area contributed by atoms with Crippen LogP contribution in [0.3, 0.4) is 0 Å². The Balaban J connectivity index is 1.15. The molecule has 2 amide bonds. The van der Waals surface area contributed by atoms with Gasteiger partial charge in [-0.3, -0.25) is 14.3 Å². The number of benzene rings is 1. The smallest absolute Gasteiger partial charge is 0.267 e. The molecule has 190 valence electrons. The monoisotopic (exact) mass is 509 g/mol. The Hall–Kier alpha value is -3.44. The van der Waals surface area contributed by atoms with E-state index in [-0.39, 0.29) is 24.1 Å². The number of phenolic OH excluding ortho intramolecular Hbond substituents is 1. The summed E-state index contributed by atoms with van der Waals surface area (Å²) in [7, 11) is 0. The Morgan fingerprint density at radius 1 is 1.19 bits per heavy atom. The highest BCUT2D eigenvalue weighted by atomic mass is 32.1. The quantitative estimate of drug-likeness (QED) is 0.402. The van der Waals surface area contributed by atoms with E-state index in [2.05, 4.69) is 26.0 Å². The average Bonchev–Trinajstić information content (AvgIpc) is 3.62. The minimum atomic E-state index is -0.301. The zero-order valence-electron chi connectivity index (χ0n) is 20.5. The van der Waals surface area contributed by atoms with Gasteiger partial charge in [0, 0.05) is 37.5 Å². The molecule has 2 fully saturated rings. The lowest BCUT2D eigenvalue weighted by Gasteiger charge is -2.38. The number of carbonyl (C=O) groups excluding carboxylic acids is 2.